The number of oxazole rings is 1. The second-order valence-electron chi connectivity index (χ2n) is 3.19. The van der Waals surface area contributed by atoms with Crippen LogP contribution < -0.4 is 5.76 Å². The van der Waals surface area contributed by atoms with E-state index in [0.717, 1.165) is 11.7 Å². The molecule has 0 bridgehead atoms. The molecule has 0 aliphatic heterocycles. The summed E-state index contributed by atoms with van der Waals surface area (Å²) in [6, 6.07) is 2.57. The molecular formula is C10H8FNO4. The molecule has 0 unspecified atom stereocenters. The van der Waals surface area contributed by atoms with Crippen LogP contribution in [0.3, 0.4) is 0 Å². The maximum absolute atomic E-state index is 13.9. The van der Waals surface area contributed by atoms with E-state index < -0.39 is 17.5 Å². The number of fused-ring (bicyclic) bond motifs is 1. The van der Waals surface area contributed by atoms with Crippen molar-refractivity contribution in [1.29, 1.82) is 0 Å². The molecular weight excluding hydrogens is 217 g/mol. The maximum Gasteiger partial charge on any atom is 0.419 e. The second kappa shape index (κ2) is 3.48. The van der Waals surface area contributed by atoms with E-state index in [-0.39, 0.29) is 16.7 Å². The van der Waals surface area contributed by atoms with Gasteiger partial charge in [0.25, 0.3) is 0 Å². The molecule has 1 aromatic heterocycles. The van der Waals surface area contributed by atoms with Crippen molar-refractivity contribution < 1.29 is 18.3 Å². The molecule has 5 nitrogen and oxygen atoms in total. The number of esters is 1. The molecule has 0 spiro atoms. The summed E-state index contributed by atoms with van der Waals surface area (Å²) < 4.78 is 24.0. The average molecular weight is 225 g/mol. The first-order chi connectivity index (χ1) is 7.56. The molecule has 1 aromatic carbocycles. The molecule has 0 amide bonds. The zero-order valence-corrected chi connectivity index (χ0v) is 8.61. The molecule has 84 valence electrons. The molecule has 16 heavy (non-hydrogen) atoms. The topological polar surface area (TPSA) is 61.4 Å². The number of carbonyl (C=O) groups is 1. The third kappa shape index (κ3) is 1.30. The Kier molecular flexibility index (Phi) is 2.26. The lowest BCUT2D eigenvalue weighted by atomic mass is 10.2. The number of hydrogen-bond acceptors (Lipinski definition) is 4. The summed E-state index contributed by atoms with van der Waals surface area (Å²) in [7, 11) is 2.51. The number of rotatable bonds is 1. The van der Waals surface area contributed by atoms with Gasteiger partial charge in [-0.15, -0.1) is 0 Å². The first kappa shape index (κ1) is 10.4. The van der Waals surface area contributed by atoms with Gasteiger partial charge in [-0.2, -0.15) is 0 Å². The summed E-state index contributed by atoms with van der Waals surface area (Å²) >= 11 is 0. The normalized spacial score (nSPS) is 10.7. The van der Waals surface area contributed by atoms with Gasteiger partial charge in [0.15, 0.2) is 11.4 Å². The molecule has 1 heterocycles. The third-order valence-corrected chi connectivity index (χ3v) is 2.29. The molecule has 0 aliphatic carbocycles. The van der Waals surface area contributed by atoms with Gasteiger partial charge in [0, 0.05) is 7.05 Å². The van der Waals surface area contributed by atoms with E-state index in [4.69, 9.17) is 4.42 Å². The van der Waals surface area contributed by atoms with Crippen molar-refractivity contribution in [3.05, 3.63) is 34.1 Å². The van der Waals surface area contributed by atoms with Crippen molar-refractivity contribution in [2.45, 2.75) is 0 Å². The van der Waals surface area contributed by atoms with Crippen LogP contribution in [-0.4, -0.2) is 17.6 Å². The highest BCUT2D eigenvalue weighted by Gasteiger charge is 2.19. The fraction of sp³-hybridized carbons (Fsp3) is 0.200. The number of nitrogens with zero attached hydrogens (tertiary/aromatic N) is 1. The van der Waals surface area contributed by atoms with Crippen LogP contribution in [0.5, 0.6) is 0 Å². The van der Waals surface area contributed by atoms with E-state index in [1.54, 1.807) is 0 Å². The lowest BCUT2D eigenvalue weighted by Crippen LogP contribution is -2.11. The summed E-state index contributed by atoms with van der Waals surface area (Å²) in [5.74, 6) is -2.30. The van der Waals surface area contributed by atoms with E-state index in [2.05, 4.69) is 4.74 Å². The Bertz CT molecular complexity index is 626. The Morgan fingerprint density at radius 2 is 2.19 bits per heavy atom. The number of ether oxygens (including phenoxy) is 1. The molecule has 2 rings (SSSR count). The largest absolute Gasteiger partial charge is 0.465 e. The number of aromatic nitrogens is 1. The Balaban J connectivity index is 2.83. The van der Waals surface area contributed by atoms with E-state index in [9.17, 15) is 14.0 Å². The minimum atomic E-state index is -0.822. The van der Waals surface area contributed by atoms with E-state index in [0.29, 0.717) is 0 Å². The summed E-state index contributed by atoms with van der Waals surface area (Å²) in [4.78, 5) is 22.4. The molecule has 0 saturated heterocycles. The van der Waals surface area contributed by atoms with Gasteiger partial charge in [-0.1, -0.05) is 0 Å². The van der Waals surface area contributed by atoms with Crippen molar-refractivity contribution in [2.75, 3.05) is 7.11 Å². The van der Waals surface area contributed by atoms with E-state index >= 15 is 0 Å². The fourth-order valence-corrected chi connectivity index (χ4v) is 1.46. The monoisotopic (exact) mass is 225 g/mol. The SMILES string of the molecule is COC(=O)c1ccc2oc(=O)n(C)c2c1F. The van der Waals surface area contributed by atoms with Crippen LogP contribution in [0.15, 0.2) is 21.3 Å². The fourth-order valence-electron chi connectivity index (χ4n) is 1.46. The third-order valence-electron chi connectivity index (χ3n) is 2.29. The zero-order valence-electron chi connectivity index (χ0n) is 8.61. The van der Waals surface area contributed by atoms with Crippen molar-refractivity contribution >= 4 is 17.1 Å². The van der Waals surface area contributed by atoms with Gasteiger partial charge in [0.05, 0.1) is 12.7 Å². The lowest BCUT2D eigenvalue weighted by Gasteiger charge is -2.01. The highest BCUT2D eigenvalue weighted by atomic mass is 19.1. The molecule has 0 N–H and O–H groups in total. The Labute approximate surface area is 89.0 Å². The maximum atomic E-state index is 13.9. The van der Waals surface area contributed by atoms with Crippen molar-refractivity contribution in [2.24, 2.45) is 7.05 Å². The van der Waals surface area contributed by atoms with Crippen LogP contribution in [0.1, 0.15) is 10.4 Å². The van der Waals surface area contributed by atoms with Crippen LogP contribution in [0.2, 0.25) is 0 Å². The van der Waals surface area contributed by atoms with Gasteiger partial charge in [-0.05, 0) is 12.1 Å². The average Bonchev–Trinajstić information content (AvgIpc) is 2.55. The van der Waals surface area contributed by atoms with Crippen LogP contribution in [0.4, 0.5) is 4.39 Å². The van der Waals surface area contributed by atoms with E-state index in [1.807, 2.05) is 0 Å². The molecule has 6 heteroatoms. The second-order valence-corrected chi connectivity index (χ2v) is 3.19. The lowest BCUT2D eigenvalue weighted by molar-refractivity contribution is 0.0596. The summed E-state index contributed by atoms with van der Waals surface area (Å²) in [6.45, 7) is 0. The minimum absolute atomic E-state index is 0.0482. The quantitative estimate of drug-likeness (QED) is 0.681. The zero-order chi connectivity index (χ0) is 11.9. The number of carbonyl (C=O) groups excluding carboxylic acids is 1. The smallest absolute Gasteiger partial charge is 0.419 e. The Morgan fingerprint density at radius 3 is 2.81 bits per heavy atom. The molecule has 2 aromatic rings. The number of benzene rings is 1. The summed E-state index contributed by atoms with van der Waals surface area (Å²) in [5, 5.41) is 0. The molecule has 0 fully saturated rings. The Morgan fingerprint density at radius 1 is 1.50 bits per heavy atom. The van der Waals surface area contributed by atoms with Gasteiger partial charge < -0.3 is 9.15 Å². The molecule has 0 saturated carbocycles. The van der Waals surface area contributed by atoms with E-state index in [1.165, 1.54) is 19.2 Å². The predicted octanol–water partition coefficient (Wildman–Crippen LogP) is 1.06. The van der Waals surface area contributed by atoms with Gasteiger partial charge in [-0.25, -0.2) is 14.0 Å². The van der Waals surface area contributed by atoms with Gasteiger partial charge in [-0.3, -0.25) is 4.57 Å². The Hall–Kier alpha value is -2.11. The van der Waals surface area contributed by atoms with Crippen LogP contribution in [-0.2, 0) is 11.8 Å². The van der Waals surface area contributed by atoms with Crippen molar-refractivity contribution in [3.63, 3.8) is 0 Å². The standard InChI is InChI=1S/C10H8FNO4/c1-12-8-6(16-10(12)14)4-3-5(7(8)11)9(13)15-2/h3-4H,1-2H3. The number of halogens is 1. The predicted molar refractivity (Wildman–Crippen MR) is 52.8 cm³/mol. The van der Waals surface area contributed by atoms with Crippen molar-refractivity contribution in [3.8, 4) is 0 Å². The minimum Gasteiger partial charge on any atom is -0.465 e. The van der Waals surface area contributed by atoms with Gasteiger partial charge >= 0.3 is 11.7 Å². The summed E-state index contributed by atoms with van der Waals surface area (Å²) in [6.07, 6.45) is 0. The molecule has 0 aliphatic rings. The number of hydrogen-bond donors (Lipinski definition) is 0. The number of aryl methyl sites for hydroxylation is 1. The highest BCUT2D eigenvalue weighted by Crippen LogP contribution is 2.20. The molecule has 0 radical (unpaired) electrons. The van der Waals surface area contributed by atoms with Crippen LogP contribution >= 0.6 is 0 Å². The van der Waals surface area contributed by atoms with Crippen LogP contribution in [0.25, 0.3) is 11.1 Å². The van der Waals surface area contributed by atoms with Gasteiger partial charge in [0.2, 0.25) is 0 Å². The van der Waals surface area contributed by atoms with Crippen LogP contribution in [0, 0.1) is 5.82 Å². The highest BCUT2D eigenvalue weighted by molar-refractivity contribution is 5.93. The number of methoxy groups -OCH3 is 1. The first-order valence-corrected chi connectivity index (χ1v) is 4.42. The molecule has 0 atom stereocenters. The summed E-state index contributed by atoms with van der Waals surface area (Å²) in [5.41, 5.74) is -0.183. The van der Waals surface area contributed by atoms with Crippen molar-refractivity contribution in [1.82, 2.24) is 4.57 Å². The van der Waals surface area contributed by atoms with Gasteiger partial charge in [0.1, 0.15) is 5.52 Å². The first-order valence-electron chi connectivity index (χ1n) is 4.42.